The molecular weight excluding hydrogens is 386 g/mol. The molecule has 0 radical (unpaired) electrons. The van der Waals surface area contributed by atoms with Crippen LogP contribution in [0.2, 0.25) is 0 Å². The molecule has 0 saturated carbocycles. The molecule has 29 heavy (non-hydrogen) atoms. The van der Waals surface area contributed by atoms with Crippen LogP contribution in [0.5, 0.6) is 0 Å². The van der Waals surface area contributed by atoms with Crippen molar-refractivity contribution < 1.29 is 13.2 Å². The molecule has 2 aliphatic heterocycles. The van der Waals surface area contributed by atoms with Gasteiger partial charge in [-0.1, -0.05) is 13.0 Å². The molecule has 0 aliphatic carbocycles. The van der Waals surface area contributed by atoms with E-state index in [1.807, 2.05) is 19.9 Å². The molecule has 1 aromatic carbocycles. The molecule has 1 atom stereocenters. The zero-order valence-electron chi connectivity index (χ0n) is 18.0. The molecule has 1 unspecified atom stereocenters. The Morgan fingerprint density at radius 3 is 2.34 bits per heavy atom. The fourth-order valence-electron chi connectivity index (χ4n) is 4.38. The first-order chi connectivity index (χ1) is 13.8. The van der Waals surface area contributed by atoms with Gasteiger partial charge in [-0.15, -0.1) is 0 Å². The van der Waals surface area contributed by atoms with Crippen LogP contribution in [0.25, 0.3) is 0 Å². The van der Waals surface area contributed by atoms with E-state index in [0.717, 1.165) is 30.6 Å². The second-order valence-electron chi connectivity index (χ2n) is 8.47. The van der Waals surface area contributed by atoms with Gasteiger partial charge in [0.05, 0.1) is 4.90 Å². The van der Waals surface area contributed by atoms with Crippen LogP contribution in [0.4, 0.5) is 0 Å². The number of rotatable bonds is 7. The summed E-state index contributed by atoms with van der Waals surface area (Å²) in [5, 5.41) is 3.13. The summed E-state index contributed by atoms with van der Waals surface area (Å²) in [4.78, 5) is 15.5. The Morgan fingerprint density at radius 1 is 1.10 bits per heavy atom. The van der Waals surface area contributed by atoms with Crippen LogP contribution in [0.1, 0.15) is 50.2 Å². The highest BCUT2D eigenvalue weighted by Crippen LogP contribution is 2.25. The molecule has 0 spiro atoms. The molecule has 0 bridgehead atoms. The molecule has 2 saturated heterocycles. The van der Waals surface area contributed by atoms with Gasteiger partial charge in [0.2, 0.25) is 15.9 Å². The lowest BCUT2D eigenvalue weighted by Gasteiger charge is -2.32. The van der Waals surface area contributed by atoms with Crippen molar-refractivity contribution in [3.8, 4) is 0 Å². The van der Waals surface area contributed by atoms with Gasteiger partial charge in [-0.25, -0.2) is 8.42 Å². The first-order valence-corrected chi connectivity index (χ1v) is 12.4. The minimum atomic E-state index is -3.50. The van der Waals surface area contributed by atoms with E-state index in [2.05, 4.69) is 17.1 Å². The summed E-state index contributed by atoms with van der Waals surface area (Å²) < 4.78 is 27.4. The van der Waals surface area contributed by atoms with Gasteiger partial charge < -0.3 is 5.32 Å². The molecule has 0 aromatic heterocycles. The number of carbonyl (C=O) groups is 1. The maximum Gasteiger partial charge on any atom is 0.243 e. The number of aryl methyl sites for hydroxylation is 2. The molecule has 7 heteroatoms. The number of likely N-dealkylation sites (tertiary alicyclic amines) is 1. The van der Waals surface area contributed by atoms with Crippen molar-refractivity contribution in [3.05, 3.63) is 29.3 Å². The number of nitrogens with zero attached hydrogens (tertiary/aromatic N) is 2. The Kier molecular flexibility index (Phi) is 7.35. The SMILES string of the molecule is CCC(CNC(=O)C1CCN(S(=O)(=O)c2ccc(C)c(C)c2)CC1)N1CCCC1. The lowest BCUT2D eigenvalue weighted by molar-refractivity contribution is -0.126. The monoisotopic (exact) mass is 421 g/mol. The second-order valence-corrected chi connectivity index (χ2v) is 10.4. The third-order valence-corrected chi connectivity index (χ3v) is 8.48. The van der Waals surface area contributed by atoms with Crippen LogP contribution in [0, 0.1) is 19.8 Å². The van der Waals surface area contributed by atoms with Gasteiger partial charge in [-0.2, -0.15) is 4.31 Å². The van der Waals surface area contributed by atoms with E-state index in [1.165, 1.54) is 17.1 Å². The van der Waals surface area contributed by atoms with Crippen molar-refractivity contribution in [2.24, 2.45) is 5.92 Å². The van der Waals surface area contributed by atoms with E-state index in [-0.39, 0.29) is 11.8 Å². The first-order valence-electron chi connectivity index (χ1n) is 10.9. The van der Waals surface area contributed by atoms with Crippen molar-refractivity contribution >= 4 is 15.9 Å². The second kappa shape index (κ2) is 9.58. The highest BCUT2D eigenvalue weighted by Gasteiger charge is 2.32. The number of hydrogen-bond donors (Lipinski definition) is 1. The summed E-state index contributed by atoms with van der Waals surface area (Å²) in [6.07, 6.45) is 4.69. The Balaban J connectivity index is 1.52. The van der Waals surface area contributed by atoms with E-state index in [1.54, 1.807) is 12.1 Å². The van der Waals surface area contributed by atoms with E-state index in [9.17, 15) is 13.2 Å². The summed E-state index contributed by atoms with van der Waals surface area (Å²) in [7, 11) is -3.50. The zero-order chi connectivity index (χ0) is 21.0. The molecule has 1 amide bonds. The molecule has 2 fully saturated rings. The standard InChI is InChI=1S/C22H35N3O3S/c1-4-20(24-11-5-6-12-24)16-23-22(26)19-9-13-25(14-10-19)29(27,28)21-8-7-17(2)18(3)15-21/h7-8,15,19-20H,4-6,9-14,16H2,1-3H3,(H,23,26). The number of nitrogens with one attached hydrogen (secondary N) is 1. The van der Waals surface area contributed by atoms with E-state index in [4.69, 9.17) is 0 Å². The largest absolute Gasteiger partial charge is 0.354 e. The van der Waals surface area contributed by atoms with Gasteiger partial charge in [-0.05, 0) is 82.3 Å². The summed E-state index contributed by atoms with van der Waals surface area (Å²) in [6.45, 7) is 9.82. The fourth-order valence-corrected chi connectivity index (χ4v) is 5.94. The van der Waals surface area contributed by atoms with Crippen molar-refractivity contribution in [3.63, 3.8) is 0 Å². The van der Waals surface area contributed by atoms with Gasteiger partial charge in [0.1, 0.15) is 0 Å². The predicted octanol–water partition coefficient (Wildman–Crippen LogP) is 2.69. The molecule has 2 aliphatic rings. The van der Waals surface area contributed by atoms with Crippen molar-refractivity contribution in [1.82, 2.24) is 14.5 Å². The highest BCUT2D eigenvalue weighted by molar-refractivity contribution is 7.89. The molecule has 6 nitrogen and oxygen atoms in total. The Hall–Kier alpha value is -1.44. The summed E-state index contributed by atoms with van der Waals surface area (Å²) in [5.41, 5.74) is 2.06. The van der Waals surface area contributed by atoms with Crippen LogP contribution >= 0.6 is 0 Å². The highest BCUT2D eigenvalue weighted by atomic mass is 32.2. The van der Waals surface area contributed by atoms with Crippen LogP contribution in [0.15, 0.2) is 23.1 Å². The molecule has 1 aromatic rings. The Morgan fingerprint density at radius 2 is 1.76 bits per heavy atom. The number of hydrogen-bond acceptors (Lipinski definition) is 4. The van der Waals surface area contributed by atoms with Gasteiger partial charge in [0.15, 0.2) is 0 Å². The topological polar surface area (TPSA) is 69.7 Å². The number of sulfonamides is 1. The minimum absolute atomic E-state index is 0.0749. The van der Waals surface area contributed by atoms with Crippen LogP contribution < -0.4 is 5.32 Å². The van der Waals surface area contributed by atoms with Crippen LogP contribution in [-0.4, -0.2) is 62.3 Å². The Bertz CT molecular complexity index is 811. The molecule has 162 valence electrons. The molecular formula is C22H35N3O3S. The first kappa shape index (κ1) is 22.2. The van der Waals surface area contributed by atoms with Crippen LogP contribution in [0.3, 0.4) is 0 Å². The van der Waals surface area contributed by atoms with Crippen LogP contribution in [-0.2, 0) is 14.8 Å². The average molecular weight is 422 g/mol. The van der Waals surface area contributed by atoms with Crippen molar-refractivity contribution in [2.75, 3.05) is 32.7 Å². The molecule has 2 heterocycles. The molecule has 3 rings (SSSR count). The predicted molar refractivity (Wildman–Crippen MR) is 115 cm³/mol. The summed E-state index contributed by atoms with van der Waals surface area (Å²) in [5.74, 6) is -0.0248. The number of carbonyl (C=O) groups excluding carboxylic acids is 1. The maximum atomic E-state index is 12.9. The average Bonchev–Trinajstić information content (AvgIpc) is 3.25. The van der Waals surface area contributed by atoms with E-state index in [0.29, 0.717) is 43.4 Å². The zero-order valence-corrected chi connectivity index (χ0v) is 18.8. The Labute approximate surface area is 175 Å². The third kappa shape index (κ3) is 5.19. The number of benzene rings is 1. The lowest BCUT2D eigenvalue weighted by atomic mass is 9.97. The smallest absolute Gasteiger partial charge is 0.243 e. The number of amides is 1. The van der Waals surface area contributed by atoms with Gasteiger partial charge >= 0.3 is 0 Å². The minimum Gasteiger partial charge on any atom is -0.354 e. The number of piperidine rings is 1. The quantitative estimate of drug-likeness (QED) is 0.735. The van der Waals surface area contributed by atoms with Gasteiger partial charge in [0, 0.05) is 31.6 Å². The lowest BCUT2D eigenvalue weighted by Crippen LogP contribution is -2.46. The van der Waals surface area contributed by atoms with Crippen molar-refractivity contribution in [2.45, 2.75) is 63.8 Å². The van der Waals surface area contributed by atoms with E-state index >= 15 is 0 Å². The fraction of sp³-hybridized carbons (Fsp3) is 0.682. The van der Waals surface area contributed by atoms with Gasteiger partial charge in [0.25, 0.3) is 0 Å². The third-order valence-electron chi connectivity index (χ3n) is 6.58. The summed E-state index contributed by atoms with van der Waals surface area (Å²) >= 11 is 0. The normalized spacial score (nSPS) is 20.7. The summed E-state index contributed by atoms with van der Waals surface area (Å²) in [6, 6.07) is 5.69. The molecule has 1 N–H and O–H groups in total. The van der Waals surface area contributed by atoms with Crippen molar-refractivity contribution in [1.29, 1.82) is 0 Å². The maximum absolute atomic E-state index is 12.9. The van der Waals surface area contributed by atoms with Gasteiger partial charge in [-0.3, -0.25) is 9.69 Å². The van der Waals surface area contributed by atoms with E-state index < -0.39 is 10.0 Å².